The number of rotatable bonds is 4. The highest BCUT2D eigenvalue weighted by Crippen LogP contribution is 2.60. The molecule has 10 nitrogen and oxygen atoms in total. The summed E-state index contributed by atoms with van der Waals surface area (Å²) in [5.41, 5.74) is 0.314. The van der Waals surface area contributed by atoms with Crippen molar-refractivity contribution in [3.05, 3.63) is 34.2 Å². The molecule has 7 heterocycles. The van der Waals surface area contributed by atoms with Crippen molar-refractivity contribution in [2.75, 3.05) is 13.1 Å². The number of hydrogen-bond acceptors (Lipinski definition) is 8. The Labute approximate surface area is 234 Å². The number of nitrogens with zero attached hydrogens (tertiary/aromatic N) is 2. The molecule has 1 aromatic heterocycles. The lowest BCUT2D eigenvalue weighted by molar-refractivity contribution is -0.576. The quantitative estimate of drug-likeness (QED) is 0.411. The Morgan fingerprint density at radius 2 is 1.90 bits per heavy atom. The molecule has 1 aromatic rings. The van der Waals surface area contributed by atoms with Gasteiger partial charge in [-0.1, -0.05) is 19.9 Å². The van der Waals surface area contributed by atoms with Gasteiger partial charge in [-0.2, -0.15) is 0 Å². The summed E-state index contributed by atoms with van der Waals surface area (Å²) in [6.45, 7) is 7.99. The van der Waals surface area contributed by atoms with E-state index in [1.165, 1.54) is 0 Å². The second-order valence-electron chi connectivity index (χ2n) is 13.3. The minimum atomic E-state index is -0.889. The van der Waals surface area contributed by atoms with Gasteiger partial charge in [-0.3, -0.25) is 14.4 Å². The maximum absolute atomic E-state index is 13.2. The number of carbonyl (C=O) groups is 2. The predicted octanol–water partition coefficient (Wildman–Crippen LogP) is 3.33. The Morgan fingerprint density at radius 3 is 2.75 bits per heavy atom. The van der Waals surface area contributed by atoms with E-state index in [2.05, 4.69) is 6.92 Å². The third-order valence-corrected chi connectivity index (χ3v) is 10.7. The monoisotopic (exact) mass is 556 g/mol. The van der Waals surface area contributed by atoms with E-state index in [4.69, 9.17) is 24.0 Å². The van der Waals surface area contributed by atoms with Crippen molar-refractivity contribution >= 4 is 11.9 Å². The number of hydrogen-bond donors (Lipinski definition) is 0. The lowest BCUT2D eigenvalue weighted by atomic mass is 9.58. The normalized spacial score (nSPS) is 43.3. The fourth-order valence-corrected chi connectivity index (χ4v) is 8.66. The van der Waals surface area contributed by atoms with Crippen molar-refractivity contribution in [1.29, 1.82) is 0 Å². The van der Waals surface area contributed by atoms with Crippen LogP contribution in [0.3, 0.4) is 0 Å². The van der Waals surface area contributed by atoms with Crippen LogP contribution in [-0.2, 0) is 40.1 Å². The van der Waals surface area contributed by atoms with E-state index >= 15 is 0 Å². The number of fused-ring (bicyclic) bond motifs is 6. The molecule has 5 saturated heterocycles. The molecule has 6 aliphatic heterocycles. The van der Waals surface area contributed by atoms with Gasteiger partial charge in [-0.25, -0.2) is 9.78 Å². The fraction of sp³-hybridized carbons (Fsp3) is 0.767. The van der Waals surface area contributed by atoms with Crippen LogP contribution in [0.5, 0.6) is 0 Å². The van der Waals surface area contributed by atoms with Gasteiger partial charge >= 0.3 is 5.97 Å². The minimum Gasteiger partial charge on any atom is -0.435 e. The van der Waals surface area contributed by atoms with E-state index < -0.39 is 29.9 Å². The van der Waals surface area contributed by atoms with E-state index in [1.807, 2.05) is 29.4 Å². The lowest BCUT2D eigenvalue weighted by Crippen LogP contribution is -2.70. The molecule has 0 aromatic carbocycles. The predicted molar refractivity (Wildman–Crippen MR) is 140 cm³/mol. The van der Waals surface area contributed by atoms with Crippen LogP contribution in [0.25, 0.3) is 0 Å². The van der Waals surface area contributed by atoms with E-state index in [0.717, 1.165) is 37.8 Å². The molecule has 218 valence electrons. The number of carbonyl (C=O) groups excluding carboxylic acids is 2. The molecule has 1 amide bonds. The average Bonchev–Trinajstić information content (AvgIpc) is 3.16. The number of piperidine rings is 1. The van der Waals surface area contributed by atoms with Crippen molar-refractivity contribution in [2.45, 2.75) is 102 Å². The van der Waals surface area contributed by atoms with Crippen LogP contribution in [0.1, 0.15) is 77.3 Å². The Hall–Kier alpha value is -2.27. The van der Waals surface area contributed by atoms with Crippen molar-refractivity contribution in [3.8, 4) is 0 Å². The summed E-state index contributed by atoms with van der Waals surface area (Å²) in [5.74, 6) is -0.339. The lowest BCUT2D eigenvalue weighted by Gasteiger charge is -2.59. The summed E-state index contributed by atoms with van der Waals surface area (Å²) in [6, 6.07) is 5.37. The highest BCUT2D eigenvalue weighted by Gasteiger charge is 2.69. The van der Waals surface area contributed by atoms with Crippen LogP contribution in [-0.4, -0.2) is 58.4 Å². The van der Waals surface area contributed by atoms with Gasteiger partial charge in [0.1, 0.15) is 0 Å². The molecule has 10 heteroatoms. The first-order valence-electron chi connectivity index (χ1n) is 15.0. The van der Waals surface area contributed by atoms with Gasteiger partial charge in [0, 0.05) is 62.0 Å². The molecule has 0 N–H and O–H groups in total. The molecule has 40 heavy (non-hydrogen) atoms. The van der Waals surface area contributed by atoms with E-state index in [9.17, 15) is 14.4 Å². The number of ether oxygens (including phenoxy) is 3. The second-order valence-corrected chi connectivity index (χ2v) is 13.3. The molecular weight excluding hydrogens is 516 g/mol. The molecular formula is C30H40N2O8. The molecule has 8 rings (SSSR count). The largest absolute Gasteiger partial charge is 0.435 e. The fourth-order valence-electron chi connectivity index (χ4n) is 8.66. The minimum absolute atomic E-state index is 0.00832. The van der Waals surface area contributed by atoms with Crippen molar-refractivity contribution in [3.63, 3.8) is 0 Å². The first-order valence-corrected chi connectivity index (χ1v) is 15.0. The summed E-state index contributed by atoms with van der Waals surface area (Å²) in [4.78, 5) is 52.3. The maximum Gasteiger partial charge on any atom is 0.308 e. The third kappa shape index (κ3) is 4.16. The molecule has 1 saturated carbocycles. The van der Waals surface area contributed by atoms with E-state index in [0.29, 0.717) is 25.6 Å². The zero-order valence-corrected chi connectivity index (χ0v) is 23.6. The molecule has 4 unspecified atom stereocenters. The molecule has 6 fully saturated rings. The molecule has 0 radical (unpaired) electrons. The molecule has 1 aliphatic carbocycles. The van der Waals surface area contributed by atoms with Crippen molar-refractivity contribution in [1.82, 2.24) is 9.47 Å². The van der Waals surface area contributed by atoms with Gasteiger partial charge in [0.25, 0.3) is 5.56 Å². The maximum atomic E-state index is 13.2. The number of esters is 1. The van der Waals surface area contributed by atoms with Crippen LogP contribution in [0.2, 0.25) is 0 Å². The highest BCUT2D eigenvalue weighted by atomic mass is 17.3. The van der Waals surface area contributed by atoms with Crippen LogP contribution in [0.4, 0.5) is 0 Å². The van der Waals surface area contributed by atoms with Gasteiger partial charge in [-0.15, -0.1) is 0 Å². The Kier molecular flexibility index (Phi) is 6.42. The van der Waals surface area contributed by atoms with Gasteiger partial charge in [0.2, 0.25) is 18.0 Å². The number of pyridine rings is 1. The van der Waals surface area contributed by atoms with Crippen LogP contribution >= 0.6 is 0 Å². The summed E-state index contributed by atoms with van der Waals surface area (Å²) in [6.07, 6.45) is 3.26. The standard InChI is InChI=1S/C30H40N2O8/c1-17-7-8-22-18(2)27(37-28-30(22)21(17)11-12-29(3,38-28)39-40-30)36-26(35)10-9-24(33)31-14-19-13-20(16-31)23-5-4-6-25(34)32(23)15-19/h4-6,17-22,27-28H,7-16H2,1-3H3/t17-,18-,19?,20?,21?,22?,27-,28-,29+,30-/m1/s1. The molecule has 7 aliphatic rings. The number of likely N-dealkylation sites (tertiary alicyclic amines) is 1. The first kappa shape index (κ1) is 26.6. The van der Waals surface area contributed by atoms with Crippen molar-refractivity contribution < 1.29 is 33.6 Å². The Bertz CT molecular complexity index is 1250. The zero-order chi connectivity index (χ0) is 27.8. The Morgan fingerprint density at radius 1 is 1.05 bits per heavy atom. The van der Waals surface area contributed by atoms with E-state index in [-0.39, 0.29) is 53.9 Å². The molecule has 4 bridgehead atoms. The Balaban J connectivity index is 0.990. The number of aromatic nitrogens is 1. The SMILES string of the molecule is C[C@@H]1CCC2[C@@H](C)[C@H](OC(=O)CCC(=O)N3CC4CC(C3)c3cccc(=O)n3C4)O[C@@H]3O[C@]4(C)CCC1[C@@]23OO4. The van der Waals surface area contributed by atoms with Crippen LogP contribution in [0, 0.1) is 29.6 Å². The first-order chi connectivity index (χ1) is 19.2. The smallest absolute Gasteiger partial charge is 0.308 e. The average molecular weight is 557 g/mol. The number of amides is 1. The van der Waals surface area contributed by atoms with Gasteiger partial charge < -0.3 is 23.7 Å². The summed E-state index contributed by atoms with van der Waals surface area (Å²) in [7, 11) is 0. The summed E-state index contributed by atoms with van der Waals surface area (Å²) >= 11 is 0. The molecule has 10 atom stereocenters. The summed E-state index contributed by atoms with van der Waals surface area (Å²) < 4.78 is 20.4. The zero-order valence-electron chi connectivity index (χ0n) is 23.6. The van der Waals surface area contributed by atoms with Gasteiger partial charge in [0.15, 0.2) is 11.9 Å². The molecule has 1 spiro atoms. The van der Waals surface area contributed by atoms with Crippen molar-refractivity contribution in [2.24, 2.45) is 29.6 Å². The third-order valence-electron chi connectivity index (χ3n) is 10.7. The topological polar surface area (TPSA) is 106 Å². The highest BCUT2D eigenvalue weighted by molar-refractivity contribution is 5.81. The van der Waals surface area contributed by atoms with Crippen LogP contribution in [0.15, 0.2) is 23.0 Å². The van der Waals surface area contributed by atoms with Crippen LogP contribution < -0.4 is 5.56 Å². The summed E-state index contributed by atoms with van der Waals surface area (Å²) in [5, 5.41) is 0. The van der Waals surface area contributed by atoms with Gasteiger partial charge in [-0.05, 0) is 56.4 Å². The van der Waals surface area contributed by atoms with E-state index in [1.54, 1.807) is 12.1 Å². The van der Waals surface area contributed by atoms with Gasteiger partial charge in [0.05, 0.1) is 6.42 Å². The second kappa shape index (κ2) is 9.64.